The first-order valence-corrected chi connectivity index (χ1v) is 4.72. The van der Waals surface area contributed by atoms with E-state index in [0.29, 0.717) is 0 Å². The van der Waals surface area contributed by atoms with Crippen LogP contribution in [0.25, 0.3) is 10.9 Å². The molecule has 0 amide bonds. The molecule has 0 radical (unpaired) electrons. The lowest BCUT2D eigenvalue weighted by Crippen LogP contribution is -1.94. The number of hydrogen-bond acceptors (Lipinski definition) is 3. The number of aromatic nitrogens is 2. The lowest BCUT2D eigenvalue weighted by Gasteiger charge is -2.04. The van der Waals surface area contributed by atoms with Crippen molar-refractivity contribution in [3.05, 3.63) is 30.7 Å². The molecule has 0 fully saturated rings. The molecule has 0 bridgehead atoms. The zero-order chi connectivity index (χ0) is 9.80. The Labute approximate surface area is 82.8 Å². The van der Waals surface area contributed by atoms with Gasteiger partial charge in [0.25, 0.3) is 0 Å². The van der Waals surface area contributed by atoms with Crippen LogP contribution >= 0.6 is 0 Å². The van der Waals surface area contributed by atoms with Gasteiger partial charge in [0.2, 0.25) is 0 Å². The predicted octanol–water partition coefficient (Wildman–Crippen LogP) is 2.42. The first kappa shape index (κ1) is 8.94. The number of benzene rings is 1. The fourth-order valence-electron chi connectivity index (χ4n) is 1.27. The molecule has 0 saturated heterocycles. The van der Waals surface area contributed by atoms with Gasteiger partial charge in [0.15, 0.2) is 0 Å². The highest BCUT2D eigenvalue weighted by molar-refractivity contribution is 5.78. The van der Waals surface area contributed by atoms with Gasteiger partial charge in [-0.2, -0.15) is 0 Å². The van der Waals surface area contributed by atoms with Gasteiger partial charge in [-0.1, -0.05) is 6.92 Å². The van der Waals surface area contributed by atoms with E-state index in [4.69, 9.17) is 4.74 Å². The van der Waals surface area contributed by atoms with Crippen LogP contribution < -0.4 is 4.74 Å². The van der Waals surface area contributed by atoms with Crippen molar-refractivity contribution in [2.45, 2.75) is 13.3 Å². The van der Waals surface area contributed by atoms with Crippen molar-refractivity contribution < 1.29 is 4.74 Å². The van der Waals surface area contributed by atoms with E-state index in [0.717, 1.165) is 29.7 Å². The van der Waals surface area contributed by atoms with Gasteiger partial charge in [0, 0.05) is 11.6 Å². The minimum Gasteiger partial charge on any atom is -0.494 e. The molecule has 0 saturated carbocycles. The third kappa shape index (κ3) is 1.82. The smallest absolute Gasteiger partial charge is 0.120 e. The predicted molar refractivity (Wildman–Crippen MR) is 55.3 cm³/mol. The van der Waals surface area contributed by atoms with Crippen molar-refractivity contribution >= 4 is 10.9 Å². The van der Waals surface area contributed by atoms with Crippen LogP contribution in [0.2, 0.25) is 0 Å². The molecule has 0 aliphatic heterocycles. The van der Waals surface area contributed by atoms with Gasteiger partial charge in [0.05, 0.1) is 12.1 Å². The molecule has 0 aliphatic carbocycles. The minimum absolute atomic E-state index is 0.749. The summed E-state index contributed by atoms with van der Waals surface area (Å²) in [4.78, 5) is 8.10. The Morgan fingerprint density at radius 1 is 1.36 bits per heavy atom. The van der Waals surface area contributed by atoms with Gasteiger partial charge in [-0.05, 0) is 24.6 Å². The second-order valence-electron chi connectivity index (χ2n) is 3.09. The third-order valence-corrected chi connectivity index (χ3v) is 1.95. The average Bonchev–Trinajstić information content (AvgIpc) is 2.26. The molecule has 1 aromatic heterocycles. The Morgan fingerprint density at radius 2 is 2.29 bits per heavy atom. The molecule has 0 unspecified atom stereocenters. The Morgan fingerprint density at radius 3 is 3.14 bits per heavy atom. The van der Waals surface area contributed by atoms with Gasteiger partial charge in [-0.15, -0.1) is 0 Å². The van der Waals surface area contributed by atoms with E-state index in [1.54, 1.807) is 12.5 Å². The Kier molecular flexibility index (Phi) is 2.58. The quantitative estimate of drug-likeness (QED) is 0.742. The van der Waals surface area contributed by atoms with Crippen LogP contribution in [0.3, 0.4) is 0 Å². The van der Waals surface area contributed by atoms with E-state index in [2.05, 4.69) is 16.9 Å². The Bertz CT molecular complexity index is 428. The zero-order valence-corrected chi connectivity index (χ0v) is 8.10. The molecular weight excluding hydrogens is 176 g/mol. The van der Waals surface area contributed by atoms with Crippen molar-refractivity contribution in [1.82, 2.24) is 9.97 Å². The van der Waals surface area contributed by atoms with Crippen LogP contribution in [-0.4, -0.2) is 16.6 Å². The van der Waals surface area contributed by atoms with Crippen LogP contribution in [0.5, 0.6) is 5.75 Å². The van der Waals surface area contributed by atoms with Gasteiger partial charge in [-0.3, -0.25) is 0 Å². The fourth-order valence-corrected chi connectivity index (χ4v) is 1.27. The normalized spacial score (nSPS) is 10.4. The van der Waals surface area contributed by atoms with Crippen LogP contribution in [0.4, 0.5) is 0 Å². The molecule has 0 aliphatic rings. The number of hydrogen-bond donors (Lipinski definition) is 0. The van der Waals surface area contributed by atoms with Gasteiger partial charge >= 0.3 is 0 Å². The molecule has 3 heteroatoms. The van der Waals surface area contributed by atoms with Crippen molar-refractivity contribution in [1.29, 1.82) is 0 Å². The topological polar surface area (TPSA) is 35.0 Å². The Hall–Kier alpha value is -1.64. The van der Waals surface area contributed by atoms with Gasteiger partial charge in [-0.25, -0.2) is 9.97 Å². The van der Waals surface area contributed by atoms with E-state index in [1.807, 2.05) is 18.2 Å². The molecule has 2 rings (SSSR count). The largest absolute Gasteiger partial charge is 0.494 e. The fraction of sp³-hybridized carbons (Fsp3) is 0.273. The van der Waals surface area contributed by atoms with Crippen molar-refractivity contribution in [2.24, 2.45) is 0 Å². The van der Waals surface area contributed by atoms with Crippen LogP contribution in [-0.2, 0) is 0 Å². The highest BCUT2D eigenvalue weighted by Gasteiger charge is 1.97. The number of rotatable bonds is 3. The van der Waals surface area contributed by atoms with Crippen LogP contribution in [0.1, 0.15) is 13.3 Å². The van der Waals surface area contributed by atoms with Crippen LogP contribution in [0.15, 0.2) is 30.7 Å². The van der Waals surface area contributed by atoms with E-state index >= 15 is 0 Å². The highest BCUT2D eigenvalue weighted by Crippen LogP contribution is 2.18. The van der Waals surface area contributed by atoms with Gasteiger partial charge < -0.3 is 4.74 Å². The molecule has 14 heavy (non-hydrogen) atoms. The molecule has 0 spiro atoms. The maximum atomic E-state index is 5.51. The summed E-state index contributed by atoms with van der Waals surface area (Å²) in [6, 6.07) is 5.85. The van der Waals surface area contributed by atoms with Crippen LogP contribution in [0, 0.1) is 0 Å². The number of ether oxygens (including phenoxy) is 1. The lowest BCUT2D eigenvalue weighted by atomic mass is 10.2. The summed E-state index contributed by atoms with van der Waals surface area (Å²) >= 11 is 0. The molecular formula is C11H12N2O. The second kappa shape index (κ2) is 4.05. The summed E-state index contributed by atoms with van der Waals surface area (Å²) in [6.07, 6.45) is 4.36. The monoisotopic (exact) mass is 188 g/mol. The van der Waals surface area contributed by atoms with E-state index in [9.17, 15) is 0 Å². The summed E-state index contributed by atoms with van der Waals surface area (Å²) in [6.45, 7) is 2.84. The lowest BCUT2D eigenvalue weighted by molar-refractivity contribution is 0.318. The van der Waals surface area contributed by atoms with E-state index in [1.165, 1.54) is 0 Å². The maximum Gasteiger partial charge on any atom is 0.120 e. The SMILES string of the molecule is CCCOc1ccc2ncncc2c1. The molecule has 2 aromatic rings. The molecule has 1 aromatic carbocycles. The van der Waals surface area contributed by atoms with Crippen molar-refractivity contribution in [2.75, 3.05) is 6.61 Å². The summed E-state index contributed by atoms with van der Waals surface area (Å²) in [5.74, 6) is 0.883. The third-order valence-electron chi connectivity index (χ3n) is 1.95. The molecule has 0 atom stereocenters. The highest BCUT2D eigenvalue weighted by atomic mass is 16.5. The van der Waals surface area contributed by atoms with E-state index in [-0.39, 0.29) is 0 Å². The van der Waals surface area contributed by atoms with Crippen molar-refractivity contribution in [3.8, 4) is 5.75 Å². The first-order valence-electron chi connectivity index (χ1n) is 4.72. The number of fused-ring (bicyclic) bond motifs is 1. The molecule has 0 N–H and O–H groups in total. The molecule has 72 valence electrons. The summed E-state index contributed by atoms with van der Waals surface area (Å²) < 4.78 is 5.51. The summed E-state index contributed by atoms with van der Waals surface area (Å²) in [5, 5.41) is 1.01. The number of nitrogens with zero attached hydrogens (tertiary/aromatic N) is 2. The summed E-state index contributed by atoms with van der Waals surface area (Å²) in [7, 11) is 0. The summed E-state index contributed by atoms with van der Waals surface area (Å²) in [5.41, 5.74) is 0.948. The zero-order valence-electron chi connectivity index (χ0n) is 8.10. The first-order chi connectivity index (χ1) is 6.90. The Balaban J connectivity index is 2.32. The van der Waals surface area contributed by atoms with Crippen molar-refractivity contribution in [3.63, 3.8) is 0 Å². The molecule has 1 heterocycles. The standard InChI is InChI=1S/C11H12N2O/c1-2-5-14-10-3-4-11-9(6-10)7-12-8-13-11/h3-4,6-8H,2,5H2,1H3. The van der Waals surface area contributed by atoms with E-state index < -0.39 is 0 Å². The van der Waals surface area contributed by atoms with Gasteiger partial charge in [0.1, 0.15) is 12.1 Å². The average molecular weight is 188 g/mol. The minimum atomic E-state index is 0.749. The molecule has 3 nitrogen and oxygen atoms in total. The second-order valence-corrected chi connectivity index (χ2v) is 3.09. The maximum absolute atomic E-state index is 5.51.